The summed E-state index contributed by atoms with van der Waals surface area (Å²) in [7, 11) is 0. The van der Waals surface area contributed by atoms with E-state index in [1.807, 2.05) is 72.8 Å². The van der Waals surface area contributed by atoms with Gasteiger partial charge in [-0.25, -0.2) is 4.98 Å². The number of imidazole rings is 1. The molecule has 35 heavy (non-hydrogen) atoms. The Hall–Kier alpha value is -4.64. The van der Waals surface area contributed by atoms with Gasteiger partial charge in [-0.15, -0.1) is 0 Å². The van der Waals surface area contributed by atoms with Crippen LogP contribution in [0.4, 0.5) is 0 Å². The standard InChI is InChI=1S/C30H22N2O3/c33-27(34)19-32-26-14-13-22(18-25(26)31-30(32)21-10-5-2-6-11-21)28-24(16-20-8-3-1-4-9-20)17-23-12-7-15-35-29(23)28/h1-15,17-18H,16,19H2,(H,33,34). The lowest BCUT2D eigenvalue weighted by Gasteiger charge is -2.09. The zero-order valence-corrected chi connectivity index (χ0v) is 18.9. The molecule has 0 fully saturated rings. The van der Waals surface area contributed by atoms with Gasteiger partial charge in [-0.2, -0.15) is 0 Å². The van der Waals surface area contributed by atoms with Crippen LogP contribution in [0.2, 0.25) is 0 Å². The van der Waals surface area contributed by atoms with Crippen molar-refractivity contribution in [2.45, 2.75) is 13.0 Å². The number of benzene rings is 3. The molecule has 5 heteroatoms. The van der Waals surface area contributed by atoms with Crippen LogP contribution in [0.25, 0.3) is 44.9 Å². The summed E-state index contributed by atoms with van der Waals surface area (Å²) in [5.74, 6) is 0.573. The Labute approximate surface area is 202 Å². The molecule has 0 atom stereocenters. The Balaban J connectivity index is 1.53. The number of carboxylic acids is 1. The van der Waals surface area contributed by atoms with Crippen molar-refractivity contribution in [1.82, 2.24) is 9.55 Å². The van der Waals surface area contributed by atoms with Crippen LogP contribution >= 0.6 is 0 Å². The molecule has 2 heterocycles. The second-order valence-corrected chi connectivity index (χ2v) is 8.59. The third kappa shape index (κ3) is 3.87. The quantitative estimate of drug-likeness (QED) is 0.300. The first kappa shape index (κ1) is 20.9. The molecule has 2 aliphatic rings. The lowest BCUT2D eigenvalue weighted by atomic mass is 9.98. The molecule has 0 saturated heterocycles. The average Bonchev–Trinajstić information content (AvgIpc) is 3.42. The molecule has 0 bridgehead atoms. The molecule has 3 aromatic carbocycles. The number of rotatable bonds is 6. The fourth-order valence-corrected chi connectivity index (χ4v) is 4.78. The molecule has 0 unspecified atom stereocenters. The third-order valence-corrected chi connectivity index (χ3v) is 6.28. The summed E-state index contributed by atoms with van der Waals surface area (Å²) < 4.78 is 7.73. The summed E-state index contributed by atoms with van der Waals surface area (Å²) in [4.78, 5) is 16.5. The van der Waals surface area contributed by atoms with Gasteiger partial charge in [0.1, 0.15) is 18.1 Å². The van der Waals surface area contributed by atoms with Gasteiger partial charge in [0.05, 0.1) is 17.3 Å². The lowest BCUT2D eigenvalue weighted by Crippen LogP contribution is -2.09. The van der Waals surface area contributed by atoms with Gasteiger partial charge in [0.2, 0.25) is 0 Å². The Kier molecular flexibility index (Phi) is 5.15. The van der Waals surface area contributed by atoms with Crippen molar-refractivity contribution in [1.29, 1.82) is 0 Å². The fourth-order valence-electron chi connectivity index (χ4n) is 4.78. The van der Waals surface area contributed by atoms with Crippen LogP contribution in [0, 0.1) is 0 Å². The van der Waals surface area contributed by atoms with Crippen LogP contribution in [0.5, 0.6) is 0 Å². The van der Waals surface area contributed by atoms with Gasteiger partial charge in [-0.1, -0.05) is 66.7 Å². The molecular formula is C30H22N2O3. The summed E-state index contributed by atoms with van der Waals surface area (Å²) >= 11 is 0. The Morgan fingerprint density at radius 1 is 0.829 bits per heavy atom. The Morgan fingerprint density at radius 3 is 2.34 bits per heavy atom. The average molecular weight is 459 g/mol. The van der Waals surface area contributed by atoms with Gasteiger partial charge in [0.15, 0.2) is 0 Å². The second-order valence-electron chi connectivity index (χ2n) is 8.59. The summed E-state index contributed by atoms with van der Waals surface area (Å²) in [6, 6.07) is 32.2. The molecule has 1 aliphatic carbocycles. The highest BCUT2D eigenvalue weighted by atomic mass is 16.4. The number of hydrogen-bond donors (Lipinski definition) is 1. The predicted molar refractivity (Wildman–Crippen MR) is 136 cm³/mol. The molecular weight excluding hydrogens is 436 g/mol. The minimum atomic E-state index is -0.906. The number of carboxylic acid groups (broad SMARTS) is 1. The SMILES string of the molecule is O=C(O)Cn1c(-c2ccccc2)nc2cc(-c3c(Cc4ccccc4)cc4cccoc3-4)ccc21. The van der Waals surface area contributed by atoms with E-state index in [2.05, 4.69) is 24.3 Å². The van der Waals surface area contributed by atoms with Crippen LogP contribution < -0.4 is 0 Å². The van der Waals surface area contributed by atoms with Gasteiger partial charge in [-0.05, 0) is 53.4 Å². The van der Waals surface area contributed by atoms with Crippen molar-refractivity contribution in [2.75, 3.05) is 0 Å². The van der Waals surface area contributed by atoms with Crippen LogP contribution in [-0.2, 0) is 17.8 Å². The molecule has 4 aromatic rings. The molecule has 1 aliphatic heterocycles. The molecule has 0 spiro atoms. The highest BCUT2D eigenvalue weighted by Gasteiger charge is 2.22. The van der Waals surface area contributed by atoms with Gasteiger partial charge in [-0.3, -0.25) is 4.79 Å². The molecule has 0 radical (unpaired) electrons. The van der Waals surface area contributed by atoms with E-state index in [4.69, 9.17) is 9.40 Å². The third-order valence-electron chi connectivity index (χ3n) is 6.28. The van der Waals surface area contributed by atoms with E-state index in [1.54, 1.807) is 10.8 Å². The van der Waals surface area contributed by atoms with Crippen molar-refractivity contribution in [3.8, 4) is 33.8 Å². The van der Waals surface area contributed by atoms with Crippen molar-refractivity contribution in [3.05, 3.63) is 114 Å². The molecule has 0 saturated carbocycles. The Morgan fingerprint density at radius 2 is 1.57 bits per heavy atom. The highest BCUT2D eigenvalue weighted by molar-refractivity contribution is 5.92. The van der Waals surface area contributed by atoms with Crippen LogP contribution in [0.1, 0.15) is 11.1 Å². The van der Waals surface area contributed by atoms with Crippen LogP contribution in [0.3, 0.4) is 0 Å². The van der Waals surface area contributed by atoms with Crippen molar-refractivity contribution in [2.24, 2.45) is 0 Å². The lowest BCUT2D eigenvalue weighted by molar-refractivity contribution is -0.137. The Bertz CT molecular complexity index is 1610. The van der Waals surface area contributed by atoms with E-state index in [1.165, 1.54) is 11.1 Å². The van der Waals surface area contributed by atoms with Crippen molar-refractivity contribution >= 4 is 17.0 Å². The van der Waals surface area contributed by atoms with E-state index in [9.17, 15) is 9.90 Å². The summed E-state index contributed by atoms with van der Waals surface area (Å²) in [6.07, 6.45) is 2.48. The maximum Gasteiger partial charge on any atom is 0.323 e. The van der Waals surface area contributed by atoms with E-state index in [0.29, 0.717) is 5.82 Å². The smallest absolute Gasteiger partial charge is 0.323 e. The topological polar surface area (TPSA) is 68.3 Å². The summed E-state index contributed by atoms with van der Waals surface area (Å²) in [6.45, 7) is -0.159. The van der Waals surface area contributed by atoms with Gasteiger partial charge in [0.25, 0.3) is 0 Å². The summed E-state index contributed by atoms with van der Waals surface area (Å²) in [5.41, 5.74) is 7.90. The van der Waals surface area contributed by atoms with E-state index in [0.717, 1.165) is 45.5 Å². The predicted octanol–water partition coefficient (Wildman–Crippen LogP) is 6.74. The van der Waals surface area contributed by atoms with E-state index in [-0.39, 0.29) is 6.54 Å². The molecule has 6 rings (SSSR count). The number of nitrogens with zero attached hydrogens (tertiary/aromatic N) is 2. The van der Waals surface area contributed by atoms with Crippen molar-refractivity contribution in [3.63, 3.8) is 0 Å². The summed E-state index contributed by atoms with van der Waals surface area (Å²) in [5, 5.41) is 9.55. The first-order valence-electron chi connectivity index (χ1n) is 11.5. The van der Waals surface area contributed by atoms with Gasteiger partial charge in [0, 0.05) is 16.7 Å². The fraction of sp³-hybridized carbons (Fsp3) is 0.0667. The minimum absolute atomic E-state index is 0.159. The van der Waals surface area contributed by atoms with Crippen LogP contribution in [0.15, 0.2) is 108 Å². The van der Waals surface area contributed by atoms with Crippen molar-refractivity contribution < 1.29 is 14.3 Å². The number of aliphatic carboxylic acids is 1. The zero-order chi connectivity index (χ0) is 23.8. The maximum atomic E-state index is 11.7. The number of aromatic nitrogens is 2. The van der Waals surface area contributed by atoms with Crippen LogP contribution in [-0.4, -0.2) is 20.6 Å². The maximum absolute atomic E-state index is 11.7. The largest absolute Gasteiger partial charge is 0.480 e. The minimum Gasteiger partial charge on any atom is -0.480 e. The zero-order valence-electron chi connectivity index (χ0n) is 18.9. The second kappa shape index (κ2) is 8.61. The number of carbonyl (C=O) groups is 1. The first-order valence-corrected chi connectivity index (χ1v) is 11.5. The van der Waals surface area contributed by atoms with Gasteiger partial charge < -0.3 is 14.1 Å². The highest BCUT2D eigenvalue weighted by Crippen LogP contribution is 2.41. The van der Waals surface area contributed by atoms with E-state index >= 15 is 0 Å². The number of fused-ring (bicyclic) bond motifs is 2. The molecule has 1 aromatic heterocycles. The molecule has 5 nitrogen and oxygen atoms in total. The van der Waals surface area contributed by atoms with Gasteiger partial charge >= 0.3 is 5.97 Å². The molecule has 1 N–H and O–H groups in total. The van der Waals surface area contributed by atoms with E-state index < -0.39 is 5.97 Å². The monoisotopic (exact) mass is 458 g/mol. The molecule has 0 amide bonds. The first-order chi connectivity index (χ1) is 17.2. The normalized spacial score (nSPS) is 11.3. The molecule has 170 valence electrons. The number of hydrogen-bond acceptors (Lipinski definition) is 3.